The normalized spacial score (nSPS) is 20.0. The van der Waals surface area contributed by atoms with Gasteiger partial charge in [-0.2, -0.15) is 0 Å². The van der Waals surface area contributed by atoms with E-state index in [1.165, 1.54) is 38.5 Å². The smallest absolute Gasteiger partial charge is 0.00105 e. The molecule has 0 amide bonds. The Morgan fingerprint density at radius 3 is 3.00 bits per heavy atom. The predicted octanol–water partition coefficient (Wildman–Crippen LogP) is 2.61. The first-order valence-corrected chi connectivity index (χ1v) is 4.72. The fourth-order valence-electron chi connectivity index (χ4n) is 1.62. The zero-order valence-electron chi connectivity index (χ0n) is 7.47. The van der Waals surface area contributed by atoms with Gasteiger partial charge in [0, 0.05) is 6.04 Å². The maximum absolute atomic E-state index is 5.66. The minimum atomic E-state index is 0.386. The van der Waals surface area contributed by atoms with Gasteiger partial charge < -0.3 is 5.73 Å². The van der Waals surface area contributed by atoms with Gasteiger partial charge >= 0.3 is 0 Å². The van der Waals surface area contributed by atoms with Crippen LogP contribution >= 0.6 is 0 Å². The fraction of sp³-hybridized carbons (Fsp3) is 0.800. The molecule has 0 saturated carbocycles. The van der Waals surface area contributed by atoms with Crippen LogP contribution in [0, 0.1) is 0 Å². The highest BCUT2D eigenvalue weighted by atomic mass is 14.6. The largest absolute Gasteiger partial charge is 0.328 e. The summed E-state index contributed by atoms with van der Waals surface area (Å²) >= 11 is 0. The Hall–Kier alpha value is -0.300. The Bertz CT molecular complexity index is 136. The molecule has 0 fully saturated rings. The molecule has 0 aromatic carbocycles. The van der Waals surface area contributed by atoms with Crippen molar-refractivity contribution in [3.05, 3.63) is 11.6 Å². The van der Waals surface area contributed by atoms with E-state index < -0.39 is 0 Å². The summed E-state index contributed by atoms with van der Waals surface area (Å²) in [5.74, 6) is 0. The summed E-state index contributed by atoms with van der Waals surface area (Å²) < 4.78 is 0. The second-order valence-electron chi connectivity index (χ2n) is 3.62. The second kappa shape index (κ2) is 4.55. The standard InChI is InChI=1S/C10H19N/c1-9(11)5-4-8-10-6-2-3-7-10/h6,9H,2-5,7-8,11H2,1H3. The van der Waals surface area contributed by atoms with Crippen LogP contribution in [0.4, 0.5) is 0 Å². The minimum absolute atomic E-state index is 0.386. The number of rotatable bonds is 4. The van der Waals surface area contributed by atoms with Gasteiger partial charge in [0.25, 0.3) is 0 Å². The number of hydrogen-bond acceptors (Lipinski definition) is 1. The van der Waals surface area contributed by atoms with Crippen molar-refractivity contribution in [1.82, 2.24) is 0 Å². The van der Waals surface area contributed by atoms with Crippen LogP contribution in [-0.4, -0.2) is 6.04 Å². The molecule has 0 heterocycles. The van der Waals surface area contributed by atoms with Crippen LogP contribution in [0.2, 0.25) is 0 Å². The van der Waals surface area contributed by atoms with Crippen molar-refractivity contribution in [1.29, 1.82) is 0 Å². The van der Waals surface area contributed by atoms with E-state index in [1.54, 1.807) is 5.57 Å². The van der Waals surface area contributed by atoms with E-state index in [0.717, 1.165) is 0 Å². The molecule has 1 aliphatic carbocycles. The molecule has 1 rings (SSSR count). The van der Waals surface area contributed by atoms with E-state index in [0.29, 0.717) is 6.04 Å². The number of nitrogens with two attached hydrogens (primary N) is 1. The van der Waals surface area contributed by atoms with Gasteiger partial charge in [0.1, 0.15) is 0 Å². The maximum Gasteiger partial charge on any atom is 0.00105 e. The third-order valence-corrected chi connectivity index (χ3v) is 2.29. The number of hydrogen-bond donors (Lipinski definition) is 1. The first kappa shape index (κ1) is 8.79. The van der Waals surface area contributed by atoms with Crippen molar-refractivity contribution in [3.8, 4) is 0 Å². The van der Waals surface area contributed by atoms with Gasteiger partial charge in [-0.05, 0) is 45.4 Å². The van der Waals surface area contributed by atoms with Crippen LogP contribution in [0.3, 0.4) is 0 Å². The Morgan fingerprint density at radius 1 is 1.64 bits per heavy atom. The van der Waals surface area contributed by atoms with Gasteiger partial charge in [0.05, 0.1) is 0 Å². The highest BCUT2D eigenvalue weighted by Gasteiger charge is 2.03. The SMILES string of the molecule is CC(N)CCCC1=CCCC1. The lowest BCUT2D eigenvalue weighted by Gasteiger charge is -2.04. The van der Waals surface area contributed by atoms with E-state index in [1.807, 2.05) is 0 Å². The highest BCUT2D eigenvalue weighted by Crippen LogP contribution is 2.22. The van der Waals surface area contributed by atoms with Gasteiger partial charge in [-0.3, -0.25) is 0 Å². The highest BCUT2D eigenvalue weighted by molar-refractivity contribution is 5.06. The van der Waals surface area contributed by atoms with E-state index >= 15 is 0 Å². The molecular weight excluding hydrogens is 134 g/mol. The van der Waals surface area contributed by atoms with Crippen molar-refractivity contribution in [2.45, 2.75) is 51.5 Å². The van der Waals surface area contributed by atoms with E-state index in [4.69, 9.17) is 5.73 Å². The average Bonchev–Trinajstić information content (AvgIpc) is 2.39. The molecule has 0 saturated heterocycles. The predicted molar refractivity (Wildman–Crippen MR) is 49.4 cm³/mol. The lowest BCUT2D eigenvalue weighted by atomic mass is 10.1. The van der Waals surface area contributed by atoms with Crippen molar-refractivity contribution >= 4 is 0 Å². The summed E-state index contributed by atoms with van der Waals surface area (Å²) in [6.07, 6.45) is 10.2. The molecule has 64 valence electrons. The monoisotopic (exact) mass is 153 g/mol. The molecule has 2 N–H and O–H groups in total. The Morgan fingerprint density at radius 2 is 2.45 bits per heavy atom. The molecule has 1 atom stereocenters. The topological polar surface area (TPSA) is 26.0 Å². The molecule has 0 aliphatic heterocycles. The summed E-state index contributed by atoms with van der Waals surface area (Å²) in [4.78, 5) is 0. The van der Waals surface area contributed by atoms with Crippen molar-refractivity contribution < 1.29 is 0 Å². The third kappa shape index (κ3) is 3.57. The Kier molecular flexibility index (Phi) is 3.64. The lowest BCUT2D eigenvalue weighted by Crippen LogP contribution is -2.13. The first-order valence-electron chi connectivity index (χ1n) is 4.72. The molecule has 0 bridgehead atoms. The number of allylic oxidation sites excluding steroid dienone is 2. The van der Waals surface area contributed by atoms with Gasteiger partial charge in [0.2, 0.25) is 0 Å². The molecule has 0 radical (unpaired) electrons. The van der Waals surface area contributed by atoms with Crippen molar-refractivity contribution in [3.63, 3.8) is 0 Å². The van der Waals surface area contributed by atoms with Crippen LogP contribution in [0.1, 0.15) is 45.4 Å². The van der Waals surface area contributed by atoms with Gasteiger partial charge in [0.15, 0.2) is 0 Å². The minimum Gasteiger partial charge on any atom is -0.328 e. The molecule has 1 unspecified atom stereocenters. The fourth-order valence-corrected chi connectivity index (χ4v) is 1.62. The molecule has 1 heteroatoms. The van der Waals surface area contributed by atoms with Crippen LogP contribution < -0.4 is 5.73 Å². The van der Waals surface area contributed by atoms with E-state index in [9.17, 15) is 0 Å². The van der Waals surface area contributed by atoms with Gasteiger partial charge in [-0.1, -0.05) is 11.6 Å². The van der Waals surface area contributed by atoms with E-state index in [-0.39, 0.29) is 0 Å². The van der Waals surface area contributed by atoms with Gasteiger partial charge in [-0.15, -0.1) is 0 Å². The first-order chi connectivity index (χ1) is 5.29. The zero-order chi connectivity index (χ0) is 8.10. The van der Waals surface area contributed by atoms with Crippen molar-refractivity contribution in [2.24, 2.45) is 5.73 Å². The Labute approximate surface area is 69.7 Å². The average molecular weight is 153 g/mol. The molecule has 1 nitrogen and oxygen atoms in total. The summed E-state index contributed by atoms with van der Waals surface area (Å²) in [5, 5.41) is 0. The summed E-state index contributed by atoms with van der Waals surface area (Å²) in [5.41, 5.74) is 7.33. The Balaban J connectivity index is 2.03. The van der Waals surface area contributed by atoms with Crippen molar-refractivity contribution in [2.75, 3.05) is 0 Å². The molecular formula is C10H19N. The third-order valence-electron chi connectivity index (χ3n) is 2.29. The second-order valence-corrected chi connectivity index (χ2v) is 3.62. The molecule has 1 aliphatic rings. The molecule has 0 aromatic heterocycles. The molecule has 11 heavy (non-hydrogen) atoms. The molecule has 0 spiro atoms. The summed E-state index contributed by atoms with van der Waals surface area (Å²) in [6, 6.07) is 0.386. The van der Waals surface area contributed by atoms with Gasteiger partial charge in [-0.25, -0.2) is 0 Å². The van der Waals surface area contributed by atoms with Crippen LogP contribution in [0.15, 0.2) is 11.6 Å². The summed E-state index contributed by atoms with van der Waals surface area (Å²) in [6.45, 7) is 2.09. The molecule has 0 aromatic rings. The zero-order valence-corrected chi connectivity index (χ0v) is 7.47. The van der Waals surface area contributed by atoms with Crippen LogP contribution in [0.5, 0.6) is 0 Å². The lowest BCUT2D eigenvalue weighted by molar-refractivity contribution is 0.618. The van der Waals surface area contributed by atoms with Crippen LogP contribution in [-0.2, 0) is 0 Å². The quantitative estimate of drug-likeness (QED) is 0.617. The summed E-state index contributed by atoms with van der Waals surface area (Å²) in [7, 11) is 0. The maximum atomic E-state index is 5.66. The van der Waals surface area contributed by atoms with Crippen LogP contribution in [0.25, 0.3) is 0 Å². The van der Waals surface area contributed by atoms with E-state index in [2.05, 4.69) is 13.0 Å².